The lowest BCUT2D eigenvalue weighted by molar-refractivity contribution is -0.136. The number of carbonyl (C=O) groups is 2. The third-order valence-electron chi connectivity index (χ3n) is 5.13. The summed E-state index contributed by atoms with van der Waals surface area (Å²) in [7, 11) is 0. The number of amides is 2. The third kappa shape index (κ3) is 5.95. The van der Waals surface area contributed by atoms with Gasteiger partial charge in [-0.05, 0) is 42.3 Å². The van der Waals surface area contributed by atoms with Crippen molar-refractivity contribution in [2.75, 3.05) is 49.5 Å². The van der Waals surface area contributed by atoms with E-state index in [9.17, 15) is 9.59 Å². The molecule has 2 aromatic rings. The van der Waals surface area contributed by atoms with Crippen molar-refractivity contribution in [3.63, 3.8) is 0 Å². The van der Waals surface area contributed by atoms with E-state index in [1.165, 1.54) is 5.69 Å². The van der Waals surface area contributed by atoms with E-state index in [-0.39, 0.29) is 0 Å². The zero-order valence-electron chi connectivity index (χ0n) is 16.7. The SMILES string of the molecule is CCc1ccccc1NC(=O)C(=O)NCCN1CCN(c2ccc(Cl)cc2)CC1. The van der Waals surface area contributed by atoms with E-state index in [4.69, 9.17) is 11.6 Å². The van der Waals surface area contributed by atoms with Crippen LogP contribution in [0.3, 0.4) is 0 Å². The Morgan fingerprint density at radius 2 is 1.66 bits per heavy atom. The summed E-state index contributed by atoms with van der Waals surface area (Å²) < 4.78 is 0. The Kier molecular flexibility index (Phi) is 7.49. The predicted octanol–water partition coefficient (Wildman–Crippen LogP) is 2.78. The summed E-state index contributed by atoms with van der Waals surface area (Å²) >= 11 is 5.95. The Morgan fingerprint density at radius 1 is 0.966 bits per heavy atom. The van der Waals surface area contributed by atoms with Crippen molar-refractivity contribution < 1.29 is 9.59 Å². The summed E-state index contributed by atoms with van der Waals surface area (Å²) in [6, 6.07) is 15.4. The molecular formula is C22H27ClN4O2. The fourth-order valence-electron chi connectivity index (χ4n) is 3.42. The van der Waals surface area contributed by atoms with E-state index in [1.54, 1.807) is 0 Å². The van der Waals surface area contributed by atoms with Gasteiger partial charge in [-0.3, -0.25) is 14.5 Å². The Hall–Kier alpha value is -2.57. The molecule has 0 radical (unpaired) electrons. The van der Waals surface area contributed by atoms with Crippen LogP contribution in [0.1, 0.15) is 12.5 Å². The third-order valence-corrected chi connectivity index (χ3v) is 5.38. The molecule has 7 heteroatoms. The maximum Gasteiger partial charge on any atom is 0.313 e. The molecule has 2 N–H and O–H groups in total. The number of hydrogen-bond donors (Lipinski definition) is 2. The van der Waals surface area contributed by atoms with E-state index in [1.807, 2.05) is 55.5 Å². The van der Waals surface area contributed by atoms with Gasteiger partial charge in [0.15, 0.2) is 0 Å². The number of carbonyl (C=O) groups excluding carboxylic acids is 2. The molecule has 0 bridgehead atoms. The number of nitrogens with one attached hydrogen (secondary N) is 2. The van der Waals surface area contributed by atoms with Gasteiger partial charge in [-0.1, -0.05) is 36.7 Å². The highest BCUT2D eigenvalue weighted by molar-refractivity contribution is 6.39. The lowest BCUT2D eigenvalue weighted by Gasteiger charge is -2.36. The van der Waals surface area contributed by atoms with E-state index in [2.05, 4.69) is 20.4 Å². The van der Waals surface area contributed by atoms with Crippen LogP contribution < -0.4 is 15.5 Å². The van der Waals surface area contributed by atoms with Crippen molar-refractivity contribution in [1.29, 1.82) is 0 Å². The number of nitrogens with zero attached hydrogens (tertiary/aromatic N) is 2. The van der Waals surface area contributed by atoms with E-state index >= 15 is 0 Å². The van der Waals surface area contributed by atoms with Crippen LogP contribution in [0.4, 0.5) is 11.4 Å². The minimum atomic E-state index is -0.626. The number of piperazine rings is 1. The van der Waals surface area contributed by atoms with Gasteiger partial charge in [0.1, 0.15) is 0 Å². The smallest absolute Gasteiger partial charge is 0.313 e. The highest BCUT2D eigenvalue weighted by atomic mass is 35.5. The molecule has 29 heavy (non-hydrogen) atoms. The molecule has 3 rings (SSSR count). The van der Waals surface area contributed by atoms with Crippen LogP contribution in [-0.2, 0) is 16.0 Å². The fraction of sp³-hybridized carbons (Fsp3) is 0.364. The van der Waals surface area contributed by atoms with Crippen LogP contribution in [0, 0.1) is 0 Å². The van der Waals surface area contributed by atoms with Gasteiger partial charge >= 0.3 is 11.8 Å². The predicted molar refractivity (Wildman–Crippen MR) is 118 cm³/mol. The molecule has 1 aliphatic heterocycles. The second kappa shape index (κ2) is 10.3. The topological polar surface area (TPSA) is 64.7 Å². The number of hydrogen-bond acceptors (Lipinski definition) is 4. The first kappa shape index (κ1) is 21.1. The van der Waals surface area contributed by atoms with Crippen molar-refractivity contribution in [1.82, 2.24) is 10.2 Å². The van der Waals surface area contributed by atoms with Crippen LogP contribution in [0.2, 0.25) is 5.02 Å². The molecule has 1 heterocycles. The largest absolute Gasteiger partial charge is 0.369 e. The molecular weight excluding hydrogens is 388 g/mol. The summed E-state index contributed by atoms with van der Waals surface area (Å²) in [5.41, 5.74) is 2.87. The number of aryl methyl sites for hydroxylation is 1. The van der Waals surface area contributed by atoms with Crippen LogP contribution in [0.25, 0.3) is 0 Å². The lowest BCUT2D eigenvalue weighted by atomic mass is 10.1. The minimum Gasteiger partial charge on any atom is -0.369 e. The van der Waals surface area contributed by atoms with Crippen LogP contribution in [0.5, 0.6) is 0 Å². The molecule has 0 spiro atoms. The average molecular weight is 415 g/mol. The van der Waals surface area contributed by atoms with Gasteiger partial charge in [-0.25, -0.2) is 0 Å². The van der Waals surface area contributed by atoms with Crippen molar-refractivity contribution in [3.05, 3.63) is 59.1 Å². The molecule has 0 atom stereocenters. The number of halogens is 1. The lowest BCUT2D eigenvalue weighted by Crippen LogP contribution is -2.49. The van der Waals surface area contributed by atoms with Gasteiger partial charge in [0.2, 0.25) is 0 Å². The highest BCUT2D eigenvalue weighted by Gasteiger charge is 2.18. The molecule has 0 unspecified atom stereocenters. The van der Waals surface area contributed by atoms with Crippen LogP contribution in [-0.4, -0.2) is 56.0 Å². The Labute approximate surface area is 176 Å². The minimum absolute atomic E-state index is 0.447. The number of anilines is 2. The Morgan fingerprint density at radius 3 is 2.34 bits per heavy atom. The van der Waals surface area contributed by atoms with E-state index in [0.717, 1.165) is 49.7 Å². The van der Waals surface area contributed by atoms with Crippen LogP contribution >= 0.6 is 11.6 Å². The zero-order valence-corrected chi connectivity index (χ0v) is 17.4. The fourth-order valence-corrected chi connectivity index (χ4v) is 3.55. The molecule has 6 nitrogen and oxygen atoms in total. The van der Waals surface area contributed by atoms with Gasteiger partial charge in [-0.15, -0.1) is 0 Å². The first-order valence-electron chi connectivity index (χ1n) is 9.96. The Bertz CT molecular complexity index is 833. The van der Waals surface area contributed by atoms with Gasteiger partial charge < -0.3 is 15.5 Å². The first-order chi connectivity index (χ1) is 14.1. The zero-order chi connectivity index (χ0) is 20.6. The van der Waals surface area contributed by atoms with Gasteiger partial charge in [0, 0.05) is 55.7 Å². The molecule has 1 saturated heterocycles. The van der Waals surface area contributed by atoms with Crippen molar-refractivity contribution >= 4 is 34.8 Å². The Balaban J connectivity index is 1.38. The quantitative estimate of drug-likeness (QED) is 0.713. The van der Waals surface area contributed by atoms with Gasteiger partial charge in [0.05, 0.1) is 0 Å². The molecule has 0 aliphatic carbocycles. The van der Waals surface area contributed by atoms with Gasteiger partial charge in [0.25, 0.3) is 0 Å². The van der Waals surface area contributed by atoms with E-state index < -0.39 is 11.8 Å². The monoisotopic (exact) mass is 414 g/mol. The number of para-hydroxylation sites is 1. The summed E-state index contributed by atoms with van der Waals surface area (Å²) in [6.45, 7) is 6.84. The van der Waals surface area contributed by atoms with Crippen LogP contribution in [0.15, 0.2) is 48.5 Å². The normalized spacial score (nSPS) is 14.5. The molecule has 1 fully saturated rings. The number of benzene rings is 2. The average Bonchev–Trinajstić information content (AvgIpc) is 2.75. The molecule has 2 aromatic carbocycles. The molecule has 0 aromatic heterocycles. The number of rotatable bonds is 6. The standard InChI is InChI=1S/C22H27ClN4O2/c1-2-17-5-3-4-6-20(17)25-22(29)21(28)24-11-12-26-13-15-27(16-14-26)19-9-7-18(23)8-10-19/h3-10H,2,11-16H2,1H3,(H,24,28)(H,25,29). The summed E-state index contributed by atoms with van der Waals surface area (Å²) in [5, 5.41) is 6.15. The molecule has 154 valence electrons. The van der Waals surface area contributed by atoms with Crippen molar-refractivity contribution in [3.8, 4) is 0 Å². The second-order valence-electron chi connectivity index (χ2n) is 7.03. The molecule has 2 amide bonds. The van der Waals surface area contributed by atoms with Crippen molar-refractivity contribution in [2.45, 2.75) is 13.3 Å². The van der Waals surface area contributed by atoms with Crippen molar-refractivity contribution in [2.24, 2.45) is 0 Å². The maximum atomic E-state index is 12.1. The highest BCUT2D eigenvalue weighted by Crippen LogP contribution is 2.19. The first-order valence-corrected chi connectivity index (χ1v) is 10.3. The summed E-state index contributed by atoms with van der Waals surface area (Å²) in [5.74, 6) is -1.23. The molecule has 1 aliphatic rings. The maximum absolute atomic E-state index is 12.1. The van der Waals surface area contributed by atoms with E-state index in [0.29, 0.717) is 12.2 Å². The second-order valence-corrected chi connectivity index (χ2v) is 7.46. The summed E-state index contributed by atoms with van der Waals surface area (Å²) in [4.78, 5) is 28.8. The molecule has 0 saturated carbocycles. The summed E-state index contributed by atoms with van der Waals surface area (Å²) in [6.07, 6.45) is 0.792. The van der Waals surface area contributed by atoms with Gasteiger partial charge in [-0.2, -0.15) is 0 Å².